The van der Waals surface area contributed by atoms with E-state index in [0.29, 0.717) is 0 Å². The van der Waals surface area contributed by atoms with Gasteiger partial charge in [-0.2, -0.15) is 0 Å². The van der Waals surface area contributed by atoms with Crippen LogP contribution in [0, 0.1) is 0 Å². The van der Waals surface area contributed by atoms with E-state index in [1.165, 1.54) is 16.9 Å². The molecule has 1 N–H and O–H groups in total. The van der Waals surface area contributed by atoms with Gasteiger partial charge in [-0.3, -0.25) is 0 Å². The number of likely N-dealkylation sites (N-methyl/N-ethyl adjacent to an activating group) is 1. The number of hydrogen-bond acceptors (Lipinski definition) is 6. The van der Waals surface area contributed by atoms with Crippen LogP contribution < -0.4 is 10.1 Å². The Morgan fingerprint density at radius 3 is 2.80 bits per heavy atom. The minimum atomic E-state index is 0.229. The van der Waals surface area contributed by atoms with E-state index in [1.807, 2.05) is 12.1 Å². The second-order valence-corrected chi connectivity index (χ2v) is 6.75. The number of ether oxygens (including phenoxy) is 1. The lowest BCUT2D eigenvalue weighted by molar-refractivity contribution is 0.310. The van der Waals surface area contributed by atoms with E-state index in [0.717, 1.165) is 21.3 Å². The topological polar surface area (TPSA) is 50.3 Å². The number of nitrogens with one attached hydrogen (secondary N) is 1. The van der Waals surface area contributed by atoms with E-state index in [9.17, 15) is 0 Å². The monoisotopic (exact) mass is 356 g/mol. The van der Waals surface area contributed by atoms with Crippen LogP contribution in [0.15, 0.2) is 28.2 Å². The number of nitrogens with zero attached hydrogens (tertiary/aromatic N) is 3. The first-order chi connectivity index (χ1) is 9.60. The van der Waals surface area contributed by atoms with Crippen molar-refractivity contribution in [2.24, 2.45) is 0 Å². The quantitative estimate of drug-likeness (QED) is 0.861. The van der Waals surface area contributed by atoms with Gasteiger partial charge in [-0.15, -0.1) is 10.2 Å². The molecule has 0 spiro atoms. The molecule has 1 aromatic heterocycles. The zero-order valence-electron chi connectivity index (χ0n) is 11.6. The number of hydrogen-bond donors (Lipinski definition) is 1. The summed E-state index contributed by atoms with van der Waals surface area (Å²) in [6.45, 7) is 0.752. The Balaban J connectivity index is 2.10. The van der Waals surface area contributed by atoms with Crippen LogP contribution in [0.3, 0.4) is 0 Å². The summed E-state index contributed by atoms with van der Waals surface area (Å²) in [6.07, 6.45) is 0. The lowest BCUT2D eigenvalue weighted by atomic mass is 10.1. The van der Waals surface area contributed by atoms with E-state index < -0.39 is 0 Å². The summed E-state index contributed by atoms with van der Waals surface area (Å²) in [6, 6.07) is 8.35. The van der Waals surface area contributed by atoms with Gasteiger partial charge >= 0.3 is 0 Å². The molecule has 0 saturated carbocycles. The van der Waals surface area contributed by atoms with Crippen molar-refractivity contribution in [3.8, 4) is 5.75 Å². The SMILES string of the molecule is COc1cccc(C(CNc2nnc(Br)s2)N(C)C)c1. The fourth-order valence-electron chi connectivity index (χ4n) is 1.91. The molecular formula is C13H17BrN4OS. The van der Waals surface area contributed by atoms with Crippen molar-refractivity contribution in [1.29, 1.82) is 0 Å². The second kappa shape index (κ2) is 7.01. The van der Waals surface area contributed by atoms with Crippen LogP contribution >= 0.6 is 27.3 Å². The Bertz CT molecular complexity index is 561. The first-order valence-electron chi connectivity index (χ1n) is 6.13. The van der Waals surface area contributed by atoms with Crippen LogP contribution in [-0.2, 0) is 0 Å². The Morgan fingerprint density at radius 2 is 2.20 bits per heavy atom. The van der Waals surface area contributed by atoms with Gasteiger partial charge in [0, 0.05) is 6.54 Å². The maximum absolute atomic E-state index is 5.29. The predicted molar refractivity (Wildman–Crippen MR) is 85.5 cm³/mol. The predicted octanol–water partition coefficient (Wildman–Crippen LogP) is 3.02. The minimum Gasteiger partial charge on any atom is -0.497 e. The van der Waals surface area contributed by atoms with Crippen molar-refractivity contribution in [2.45, 2.75) is 6.04 Å². The van der Waals surface area contributed by atoms with Gasteiger partial charge in [-0.05, 0) is 47.7 Å². The average molecular weight is 357 g/mol. The molecular weight excluding hydrogens is 340 g/mol. The molecule has 0 aliphatic carbocycles. The summed E-state index contributed by atoms with van der Waals surface area (Å²) in [7, 11) is 5.80. The summed E-state index contributed by atoms with van der Waals surface area (Å²) >= 11 is 4.79. The van der Waals surface area contributed by atoms with E-state index >= 15 is 0 Å². The summed E-state index contributed by atoms with van der Waals surface area (Å²) < 4.78 is 6.07. The number of aromatic nitrogens is 2. The lowest BCUT2D eigenvalue weighted by Gasteiger charge is -2.25. The van der Waals surface area contributed by atoms with Crippen molar-refractivity contribution in [2.75, 3.05) is 33.1 Å². The number of anilines is 1. The lowest BCUT2D eigenvalue weighted by Crippen LogP contribution is -2.26. The molecule has 2 aromatic rings. The van der Waals surface area contributed by atoms with E-state index in [-0.39, 0.29) is 6.04 Å². The number of halogens is 1. The number of methoxy groups -OCH3 is 1. The van der Waals surface area contributed by atoms with Crippen LogP contribution in [0.1, 0.15) is 11.6 Å². The highest BCUT2D eigenvalue weighted by Gasteiger charge is 2.15. The molecule has 0 radical (unpaired) electrons. The molecule has 0 fully saturated rings. The fourth-order valence-corrected chi connectivity index (χ4v) is 2.93. The molecule has 108 valence electrons. The number of benzene rings is 1. The zero-order valence-corrected chi connectivity index (χ0v) is 14.0. The Labute approximate surface area is 131 Å². The Hall–Kier alpha value is -1.18. The molecule has 1 atom stereocenters. The second-order valence-electron chi connectivity index (χ2n) is 4.50. The van der Waals surface area contributed by atoms with Gasteiger partial charge in [0.25, 0.3) is 0 Å². The maximum Gasteiger partial charge on any atom is 0.206 e. The van der Waals surface area contributed by atoms with E-state index in [1.54, 1.807) is 7.11 Å². The van der Waals surface area contributed by atoms with Crippen molar-refractivity contribution in [3.63, 3.8) is 0 Å². The molecule has 2 rings (SSSR count). The minimum absolute atomic E-state index is 0.229. The third kappa shape index (κ3) is 3.91. The van der Waals surface area contributed by atoms with Gasteiger partial charge in [0.05, 0.1) is 13.2 Å². The third-order valence-electron chi connectivity index (χ3n) is 2.95. The van der Waals surface area contributed by atoms with Crippen LogP contribution in [0.4, 0.5) is 5.13 Å². The van der Waals surface area contributed by atoms with E-state index in [2.05, 4.69) is 62.6 Å². The average Bonchev–Trinajstić information content (AvgIpc) is 2.84. The smallest absolute Gasteiger partial charge is 0.206 e. The molecule has 0 amide bonds. The van der Waals surface area contributed by atoms with E-state index in [4.69, 9.17) is 4.74 Å². The maximum atomic E-state index is 5.29. The molecule has 0 saturated heterocycles. The summed E-state index contributed by atoms with van der Waals surface area (Å²) in [5.74, 6) is 0.869. The van der Waals surface area contributed by atoms with Crippen LogP contribution in [0.5, 0.6) is 5.75 Å². The molecule has 7 heteroatoms. The van der Waals surface area contributed by atoms with Crippen LogP contribution in [0.2, 0.25) is 0 Å². The van der Waals surface area contributed by atoms with Crippen molar-refractivity contribution >= 4 is 32.4 Å². The molecule has 5 nitrogen and oxygen atoms in total. The standard InChI is InChI=1S/C13H17BrN4OS/c1-18(2)11(8-15-13-17-16-12(14)20-13)9-5-4-6-10(7-9)19-3/h4-7,11H,8H2,1-3H3,(H,15,17). The molecule has 0 aliphatic rings. The normalized spacial score (nSPS) is 12.4. The van der Waals surface area contributed by atoms with Crippen LogP contribution in [-0.4, -0.2) is 42.8 Å². The molecule has 1 unspecified atom stereocenters. The molecule has 0 bridgehead atoms. The van der Waals surface area contributed by atoms with Gasteiger partial charge in [0.15, 0.2) is 3.92 Å². The van der Waals surface area contributed by atoms with Crippen molar-refractivity contribution < 1.29 is 4.74 Å². The van der Waals surface area contributed by atoms with Crippen molar-refractivity contribution in [1.82, 2.24) is 15.1 Å². The highest BCUT2D eigenvalue weighted by molar-refractivity contribution is 9.11. The number of rotatable bonds is 6. The van der Waals surface area contributed by atoms with Crippen molar-refractivity contribution in [3.05, 3.63) is 33.7 Å². The first kappa shape index (κ1) is 15.2. The van der Waals surface area contributed by atoms with Gasteiger partial charge < -0.3 is 15.0 Å². The summed E-state index contributed by atoms with van der Waals surface area (Å²) in [5, 5.41) is 12.1. The molecule has 0 aliphatic heterocycles. The Kier molecular flexibility index (Phi) is 5.33. The van der Waals surface area contributed by atoms with Gasteiger partial charge in [-0.25, -0.2) is 0 Å². The highest BCUT2D eigenvalue weighted by atomic mass is 79.9. The fraction of sp³-hybridized carbons (Fsp3) is 0.385. The molecule has 20 heavy (non-hydrogen) atoms. The van der Waals surface area contributed by atoms with Gasteiger partial charge in [0.1, 0.15) is 5.75 Å². The molecule has 1 heterocycles. The zero-order chi connectivity index (χ0) is 14.5. The highest BCUT2D eigenvalue weighted by Crippen LogP contribution is 2.25. The van der Waals surface area contributed by atoms with Gasteiger partial charge in [0.2, 0.25) is 5.13 Å². The summed E-state index contributed by atoms with van der Waals surface area (Å²) in [4.78, 5) is 2.16. The third-order valence-corrected chi connectivity index (χ3v) is 4.26. The first-order valence-corrected chi connectivity index (χ1v) is 7.74. The Morgan fingerprint density at radius 1 is 1.40 bits per heavy atom. The van der Waals surface area contributed by atoms with Gasteiger partial charge in [-0.1, -0.05) is 23.5 Å². The van der Waals surface area contributed by atoms with Crippen LogP contribution in [0.25, 0.3) is 0 Å². The molecule has 1 aromatic carbocycles. The largest absolute Gasteiger partial charge is 0.497 e. The summed E-state index contributed by atoms with van der Waals surface area (Å²) in [5.41, 5.74) is 1.20.